The van der Waals surface area contributed by atoms with Gasteiger partial charge in [0.1, 0.15) is 18.1 Å². The molecule has 0 saturated carbocycles. The van der Waals surface area contributed by atoms with Crippen LogP contribution < -0.4 is 14.8 Å². The maximum Gasteiger partial charge on any atom is 0.123 e. The molecule has 0 atom stereocenters. The second kappa shape index (κ2) is 11.1. The minimum atomic E-state index is 0.614. The first-order valence-electron chi connectivity index (χ1n) is 10.1. The van der Waals surface area contributed by atoms with E-state index in [9.17, 15) is 0 Å². The summed E-state index contributed by atoms with van der Waals surface area (Å²) in [5.41, 5.74) is 2.37. The van der Waals surface area contributed by atoms with Gasteiger partial charge >= 0.3 is 0 Å². The molecule has 28 heavy (non-hydrogen) atoms. The third-order valence-corrected chi connectivity index (χ3v) is 5.26. The molecule has 0 bridgehead atoms. The molecule has 0 aliphatic carbocycles. The molecule has 1 aliphatic heterocycles. The van der Waals surface area contributed by atoms with Crippen molar-refractivity contribution in [2.75, 3.05) is 40.5 Å². The van der Waals surface area contributed by atoms with Crippen LogP contribution in [-0.4, -0.2) is 51.5 Å². The molecule has 0 spiro atoms. The molecule has 0 aromatic heterocycles. The van der Waals surface area contributed by atoms with E-state index in [2.05, 4.69) is 41.5 Å². The van der Waals surface area contributed by atoms with Crippen LogP contribution in [-0.2, 0) is 17.8 Å². The van der Waals surface area contributed by atoms with E-state index < -0.39 is 0 Å². The summed E-state index contributed by atoms with van der Waals surface area (Å²) < 4.78 is 16.8. The Balaban J connectivity index is 1.42. The summed E-state index contributed by atoms with van der Waals surface area (Å²) in [4.78, 5) is 2.39. The van der Waals surface area contributed by atoms with Crippen LogP contribution >= 0.6 is 0 Å². The maximum atomic E-state index is 5.99. The fourth-order valence-corrected chi connectivity index (χ4v) is 3.55. The Morgan fingerprint density at radius 2 is 1.89 bits per heavy atom. The number of nitrogens with zero attached hydrogens (tertiary/aromatic N) is 1. The zero-order chi connectivity index (χ0) is 19.6. The zero-order valence-electron chi connectivity index (χ0n) is 17.0. The smallest absolute Gasteiger partial charge is 0.123 e. The molecule has 152 valence electrons. The number of methoxy groups -OCH3 is 1. The van der Waals surface area contributed by atoms with E-state index in [1.807, 2.05) is 24.3 Å². The van der Waals surface area contributed by atoms with Crippen molar-refractivity contribution in [3.8, 4) is 11.5 Å². The lowest BCUT2D eigenvalue weighted by molar-refractivity contribution is 0.0392. The van der Waals surface area contributed by atoms with Crippen molar-refractivity contribution >= 4 is 0 Å². The van der Waals surface area contributed by atoms with Crippen LogP contribution in [0.1, 0.15) is 24.0 Å². The molecule has 0 radical (unpaired) electrons. The first kappa shape index (κ1) is 20.6. The van der Waals surface area contributed by atoms with E-state index in [4.69, 9.17) is 14.2 Å². The molecule has 1 aliphatic rings. The van der Waals surface area contributed by atoms with Gasteiger partial charge in [0.05, 0.1) is 7.11 Å². The lowest BCUT2D eigenvalue weighted by atomic mass is 10.1. The van der Waals surface area contributed by atoms with Crippen molar-refractivity contribution in [1.82, 2.24) is 10.2 Å². The van der Waals surface area contributed by atoms with Gasteiger partial charge in [-0.2, -0.15) is 0 Å². The van der Waals surface area contributed by atoms with Gasteiger partial charge in [-0.1, -0.05) is 30.3 Å². The normalized spacial score (nSPS) is 15.0. The third-order valence-electron chi connectivity index (χ3n) is 5.26. The third kappa shape index (κ3) is 6.23. The van der Waals surface area contributed by atoms with E-state index in [0.29, 0.717) is 12.6 Å². The van der Waals surface area contributed by atoms with Gasteiger partial charge < -0.3 is 19.5 Å². The molecule has 2 aromatic carbocycles. The monoisotopic (exact) mass is 384 g/mol. The fraction of sp³-hybridized carbons (Fsp3) is 0.478. The van der Waals surface area contributed by atoms with E-state index >= 15 is 0 Å². The van der Waals surface area contributed by atoms with Gasteiger partial charge in [0.2, 0.25) is 0 Å². The van der Waals surface area contributed by atoms with Crippen molar-refractivity contribution in [2.24, 2.45) is 0 Å². The average Bonchev–Trinajstić information content (AvgIpc) is 2.75. The molecule has 2 aromatic rings. The number of benzene rings is 2. The van der Waals surface area contributed by atoms with Gasteiger partial charge in [-0.15, -0.1) is 0 Å². The van der Waals surface area contributed by atoms with Gasteiger partial charge in [0, 0.05) is 44.5 Å². The number of hydrogen-bond acceptors (Lipinski definition) is 5. The number of likely N-dealkylation sites (N-methyl/N-ethyl adjacent to an activating group) is 1. The van der Waals surface area contributed by atoms with Crippen molar-refractivity contribution in [3.63, 3.8) is 0 Å². The standard InChI is InChI=1S/C23H32N2O3/c1-25(21-10-13-27-14-11-21)12-15-28-22-8-5-6-19(16-22)17-24-18-20-7-3-4-9-23(20)26-2/h3-9,16,21,24H,10-15,17-18H2,1-2H3. The summed E-state index contributed by atoms with van der Waals surface area (Å²) in [5.74, 6) is 1.85. The van der Waals surface area contributed by atoms with Crippen LogP contribution in [0.2, 0.25) is 0 Å². The highest BCUT2D eigenvalue weighted by Crippen LogP contribution is 2.18. The molecule has 5 nitrogen and oxygen atoms in total. The highest BCUT2D eigenvalue weighted by atomic mass is 16.5. The summed E-state index contributed by atoms with van der Waals surface area (Å²) in [6, 6.07) is 17.0. The van der Waals surface area contributed by atoms with Crippen LogP contribution in [0.15, 0.2) is 48.5 Å². The van der Waals surface area contributed by atoms with Gasteiger partial charge in [-0.25, -0.2) is 0 Å². The zero-order valence-corrected chi connectivity index (χ0v) is 17.0. The van der Waals surface area contributed by atoms with E-state index in [1.54, 1.807) is 7.11 Å². The molecule has 0 unspecified atom stereocenters. The molecule has 1 heterocycles. The predicted molar refractivity (Wildman–Crippen MR) is 112 cm³/mol. The van der Waals surface area contributed by atoms with Crippen molar-refractivity contribution in [3.05, 3.63) is 59.7 Å². The van der Waals surface area contributed by atoms with E-state index in [0.717, 1.165) is 62.8 Å². The molecule has 0 amide bonds. The minimum absolute atomic E-state index is 0.614. The van der Waals surface area contributed by atoms with E-state index in [1.165, 1.54) is 5.56 Å². The average molecular weight is 385 g/mol. The van der Waals surface area contributed by atoms with Gasteiger partial charge in [0.25, 0.3) is 0 Å². The summed E-state index contributed by atoms with van der Waals surface area (Å²) in [5, 5.41) is 3.48. The van der Waals surface area contributed by atoms with Crippen LogP contribution in [0.25, 0.3) is 0 Å². The Hall–Kier alpha value is -2.08. The first-order chi connectivity index (χ1) is 13.8. The Bertz CT molecular complexity index is 716. The van der Waals surface area contributed by atoms with E-state index in [-0.39, 0.29) is 0 Å². The topological polar surface area (TPSA) is 43.0 Å². The van der Waals surface area contributed by atoms with Gasteiger partial charge in [-0.3, -0.25) is 4.90 Å². The second-order valence-corrected chi connectivity index (χ2v) is 7.24. The lowest BCUT2D eigenvalue weighted by Gasteiger charge is -2.31. The lowest BCUT2D eigenvalue weighted by Crippen LogP contribution is -2.38. The quantitative estimate of drug-likeness (QED) is 0.679. The maximum absolute atomic E-state index is 5.99. The SMILES string of the molecule is COc1ccccc1CNCc1cccc(OCCN(C)C2CCOCC2)c1. The second-order valence-electron chi connectivity index (χ2n) is 7.24. The fourth-order valence-electron chi connectivity index (χ4n) is 3.55. The predicted octanol–water partition coefficient (Wildman–Crippen LogP) is 3.47. The largest absolute Gasteiger partial charge is 0.496 e. The Morgan fingerprint density at radius 3 is 2.71 bits per heavy atom. The van der Waals surface area contributed by atoms with Crippen LogP contribution in [0.4, 0.5) is 0 Å². The number of rotatable bonds is 10. The van der Waals surface area contributed by atoms with Crippen LogP contribution in [0, 0.1) is 0 Å². The molecule has 1 saturated heterocycles. The summed E-state index contributed by atoms with van der Waals surface area (Å²) in [6.07, 6.45) is 2.23. The molecule has 3 rings (SSSR count). The van der Waals surface area contributed by atoms with Crippen molar-refractivity contribution < 1.29 is 14.2 Å². The summed E-state index contributed by atoms with van der Waals surface area (Å²) >= 11 is 0. The Labute approximate surface area is 168 Å². The summed E-state index contributed by atoms with van der Waals surface area (Å²) in [7, 11) is 3.89. The molecule has 1 fully saturated rings. The Kier molecular flexibility index (Phi) is 8.15. The van der Waals surface area contributed by atoms with Crippen LogP contribution in [0.5, 0.6) is 11.5 Å². The molecule has 5 heteroatoms. The number of ether oxygens (including phenoxy) is 3. The molecule has 1 N–H and O–H groups in total. The number of nitrogens with one attached hydrogen (secondary N) is 1. The highest BCUT2D eigenvalue weighted by molar-refractivity contribution is 5.33. The van der Waals surface area contributed by atoms with Crippen molar-refractivity contribution in [1.29, 1.82) is 0 Å². The van der Waals surface area contributed by atoms with Crippen LogP contribution in [0.3, 0.4) is 0 Å². The number of para-hydroxylation sites is 1. The first-order valence-corrected chi connectivity index (χ1v) is 10.1. The molecular formula is C23H32N2O3. The Morgan fingerprint density at radius 1 is 1.07 bits per heavy atom. The van der Waals surface area contributed by atoms with Gasteiger partial charge in [-0.05, 0) is 43.7 Å². The van der Waals surface area contributed by atoms with Gasteiger partial charge in [0.15, 0.2) is 0 Å². The van der Waals surface area contributed by atoms with Crippen molar-refractivity contribution in [2.45, 2.75) is 32.0 Å². The molecular weight excluding hydrogens is 352 g/mol. The highest BCUT2D eigenvalue weighted by Gasteiger charge is 2.17. The number of hydrogen-bond donors (Lipinski definition) is 1. The summed E-state index contributed by atoms with van der Waals surface area (Å²) in [6.45, 7) is 4.94. The minimum Gasteiger partial charge on any atom is -0.496 e.